The molecule has 1 aliphatic carbocycles. The van der Waals surface area contributed by atoms with Crippen LogP contribution in [0.5, 0.6) is 0 Å². The van der Waals surface area contributed by atoms with Crippen LogP contribution in [-0.4, -0.2) is 4.57 Å². The summed E-state index contributed by atoms with van der Waals surface area (Å²) < 4.78 is 1.89. The van der Waals surface area contributed by atoms with E-state index in [0.29, 0.717) is 5.92 Å². The van der Waals surface area contributed by atoms with Crippen LogP contribution >= 0.6 is 0 Å². The zero-order chi connectivity index (χ0) is 12.7. The van der Waals surface area contributed by atoms with Crippen LogP contribution in [0.3, 0.4) is 0 Å². The van der Waals surface area contributed by atoms with E-state index >= 15 is 0 Å². The molecule has 1 fully saturated rings. The minimum Gasteiger partial charge on any atom is -0.315 e. The number of hydrogen-bond acceptors (Lipinski definition) is 1. The van der Waals surface area contributed by atoms with Crippen LogP contribution in [-0.2, 0) is 13.5 Å². The smallest absolute Gasteiger partial charge is 0.258 e. The maximum atomic E-state index is 12.4. The summed E-state index contributed by atoms with van der Waals surface area (Å²) in [7, 11) is 1.93. The normalized spacial score (nSPS) is 15.2. The Morgan fingerprint density at radius 1 is 1.22 bits per heavy atom. The second-order valence-electron chi connectivity index (χ2n) is 5.30. The summed E-state index contributed by atoms with van der Waals surface area (Å²) in [6, 6.07) is 8.05. The quantitative estimate of drug-likeness (QED) is 0.807. The molecule has 0 aliphatic heterocycles. The SMILES string of the molecule is CCCc1c(C2CC2)n(C)c(=O)c2ccccc12. The molecule has 0 spiro atoms. The van der Waals surface area contributed by atoms with Gasteiger partial charge in [0.2, 0.25) is 0 Å². The molecule has 18 heavy (non-hydrogen) atoms. The van der Waals surface area contributed by atoms with Gasteiger partial charge in [0.15, 0.2) is 0 Å². The van der Waals surface area contributed by atoms with Gasteiger partial charge in [-0.2, -0.15) is 0 Å². The largest absolute Gasteiger partial charge is 0.315 e. The fraction of sp³-hybridized carbons (Fsp3) is 0.438. The van der Waals surface area contributed by atoms with Crippen molar-refractivity contribution in [1.29, 1.82) is 0 Å². The Kier molecular flexibility index (Phi) is 2.73. The third kappa shape index (κ3) is 1.67. The molecule has 3 rings (SSSR count). The summed E-state index contributed by atoms with van der Waals surface area (Å²) in [6.45, 7) is 2.20. The number of nitrogens with zero attached hydrogens (tertiary/aromatic N) is 1. The number of benzene rings is 1. The fourth-order valence-electron chi connectivity index (χ4n) is 2.95. The Bertz CT molecular complexity index is 650. The summed E-state index contributed by atoms with van der Waals surface area (Å²) in [5.41, 5.74) is 2.85. The molecule has 0 unspecified atom stereocenters. The highest BCUT2D eigenvalue weighted by atomic mass is 16.1. The lowest BCUT2D eigenvalue weighted by atomic mass is 9.97. The molecule has 2 aromatic rings. The zero-order valence-corrected chi connectivity index (χ0v) is 11.1. The lowest BCUT2D eigenvalue weighted by Crippen LogP contribution is -2.22. The van der Waals surface area contributed by atoms with E-state index < -0.39 is 0 Å². The fourth-order valence-corrected chi connectivity index (χ4v) is 2.95. The third-order valence-corrected chi connectivity index (χ3v) is 3.92. The molecule has 0 N–H and O–H groups in total. The van der Waals surface area contributed by atoms with Gasteiger partial charge in [0.05, 0.1) is 0 Å². The van der Waals surface area contributed by atoms with Crippen molar-refractivity contribution >= 4 is 10.8 Å². The van der Waals surface area contributed by atoms with Crippen molar-refractivity contribution in [2.45, 2.75) is 38.5 Å². The molecular weight excluding hydrogens is 222 g/mol. The molecule has 0 radical (unpaired) electrons. The molecule has 0 atom stereocenters. The topological polar surface area (TPSA) is 22.0 Å². The second kappa shape index (κ2) is 4.27. The predicted octanol–water partition coefficient (Wildman–Crippen LogP) is 3.37. The van der Waals surface area contributed by atoms with Gasteiger partial charge in [-0.1, -0.05) is 31.5 Å². The summed E-state index contributed by atoms with van der Waals surface area (Å²) in [6.07, 6.45) is 4.67. The highest BCUT2D eigenvalue weighted by Crippen LogP contribution is 2.42. The zero-order valence-electron chi connectivity index (χ0n) is 11.1. The van der Waals surface area contributed by atoms with Crippen LogP contribution in [0.2, 0.25) is 0 Å². The van der Waals surface area contributed by atoms with Gasteiger partial charge in [-0.15, -0.1) is 0 Å². The molecule has 0 bridgehead atoms. The van der Waals surface area contributed by atoms with Gasteiger partial charge in [0.25, 0.3) is 5.56 Å². The molecule has 0 saturated heterocycles. The molecule has 1 aliphatic rings. The lowest BCUT2D eigenvalue weighted by molar-refractivity contribution is 0.756. The van der Waals surface area contributed by atoms with Crippen molar-refractivity contribution in [3.05, 3.63) is 45.9 Å². The maximum Gasteiger partial charge on any atom is 0.258 e. The minimum absolute atomic E-state index is 0.160. The highest BCUT2D eigenvalue weighted by molar-refractivity contribution is 5.85. The van der Waals surface area contributed by atoms with E-state index in [4.69, 9.17) is 0 Å². The monoisotopic (exact) mass is 241 g/mol. The Balaban J connectivity index is 2.40. The third-order valence-electron chi connectivity index (χ3n) is 3.92. The van der Waals surface area contributed by atoms with Crippen molar-refractivity contribution in [3.8, 4) is 0 Å². The van der Waals surface area contributed by atoms with Crippen molar-refractivity contribution in [1.82, 2.24) is 4.57 Å². The highest BCUT2D eigenvalue weighted by Gasteiger charge is 2.29. The number of aryl methyl sites for hydroxylation is 1. The van der Waals surface area contributed by atoms with E-state index in [0.717, 1.165) is 18.2 Å². The number of aromatic nitrogens is 1. The van der Waals surface area contributed by atoms with Gasteiger partial charge in [-0.05, 0) is 42.2 Å². The van der Waals surface area contributed by atoms with Crippen LogP contribution in [0.15, 0.2) is 29.1 Å². The Morgan fingerprint density at radius 3 is 2.50 bits per heavy atom. The molecule has 94 valence electrons. The first-order valence-electron chi connectivity index (χ1n) is 6.84. The molecular formula is C16H19NO. The van der Waals surface area contributed by atoms with Crippen molar-refractivity contribution in [2.75, 3.05) is 0 Å². The van der Waals surface area contributed by atoms with Gasteiger partial charge in [-0.25, -0.2) is 0 Å². The van der Waals surface area contributed by atoms with Crippen LogP contribution < -0.4 is 5.56 Å². The molecule has 0 amide bonds. The molecule has 1 saturated carbocycles. The van der Waals surface area contributed by atoms with Crippen molar-refractivity contribution in [2.24, 2.45) is 7.05 Å². The number of pyridine rings is 1. The van der Waals surface area contributed by atoms with Crippen LogP contribution in [0, 0.1) is 0 Å². The molecule has 1 aromatic carbocycles. The molecule has 1 heterocycles. The number of rotatable bonds is 3. The van der Waals surface area contributed by atoms with Gasteiger partial charge in [0, 0.05) is 18.1 Å². The van der Waals surface area contributed by atoms with E-state index in [1.54, 1.807) is 0 Å². The van der Waals surface area contributed by atoms with Crippen LogP contribution in [0.1, 0.15) is 43.4 Å². The standard InChI is InChI=1S/C16H19NO/c1-3-6-13-12-7-4-5-8-14(12)16(18)17(2)15(13)11-9-10-11/h4-5,7-8,11H,3,6,9-10H2,1-2H3. The summed E-state index contributed by atoms with van der Waals surface area (Å²) in [5, 5.41) is 2.04. The van der Waals surface area contributed by atoms with E-state index in [2.05, 4.69) is 13.0 Å². The minimum atomic E-state index is 0.160. The van der Waals surface area contributed by atoms with E-state index in [-0.39, 0.29) is 5.56 Å². The van der Waals surface area contributed by atoms with Gasteiger partial charge >= 0.3 is 0 Å². The lowest BCUT2D eigenvalue weighted by Gasteiger charge is -2.16. The van der Waals surface area contributed by atoms with Gasteiger partial charge in [0.1, 0.15) is 0 Å². The second-order valence-corrected chi connectivity index (χ2v) is 5.30. The number of hydrogen-bond donors (Lipinski definition) is 0. The van der Waals surface area contributed by atoms with E-state index in [1.807, 2.05) is 29.8 Å². The Labute approximate surface area is 107 Å². The summed E-state index contributed by atoms with van der Waals surface area (Å²) in [5.74, 6) is 0.619. The molecule has 2 nitrogen and oxygen atoms in total. The maximum absolute atomic E-state index is 12.4. The Morgan fingerprint density at radius 2 is 1.89 bits per heavy atom. The van der Waals surface area contributed by atoms with Crippen LogP contribution in [0.25, 0.3) is 10.8 Å². The first-order chi connectivity index (χ1) is 8.74. The molecule has 1 aromatic heterocycles. The summed E-state index contributed by atoms with van der Waals surface area (Å²) in [4.78, 5) is 12.4. The van der Waals surface area contributed by atoms with Crippen molar-refractivity contribution in [3.63, 3.8) is 0 Å². The first-order valence-corrected chi connectivity index (χ1v) is 6.84. The van der Waals surface area contributed by atoms with Crippen molar-refractivity contribution < 1.29 is 0 Å². The first kappa shape index (κ1) is 11.5. The summed E-state index contributed by atoms with van der Waals surface area (Å²) >= 11 is 0. The number of fused-ring (bicyclic) bond motifs is 1. The average Bonchev–Trinajstić information content (AvgIpc) is 3.20. The van der Waals surface area contributed by atoms with E-state index in [1.165, 1.54) is 29.5 Å². The van der Waals surface area contributed by atoms with Crippen LogP contribution in [0.4, 0.5) is 0 Å². The predicted molar refractivity (Wildman–Crippen MR) is 75.2 cm³/mol. The van der Waals surface area contributed by atoms with E-state index in [9.17, 15) is 4.79 Å². The van der Waals surface area contributed by atoms with Gasteiger partial charge in [-0.3, -0.25) is 4.79 Å². The van der Waals surface area contributed by atoms with Gasteiger partial charge < -0.3 is 4.57 Å². The Hall–Kier alpha value is -1.57. The average molecular weight is 241 g/mol. The molecule has 2 heteroatoms.